The van der Waals surface area contributed by atoms with Crippen molar-refractivity contribution in [2.45, 2.75) is 37.7 Å². The zero-order valence-electron chi connectivity index (χ0n) is 10.8. The standard InChI is InChI=1S/C16H17NO2/c18-15(16(19)8-4-1-5-9-16)14-11-17-10-12-6-2-3-7-13(12)14/h2-3,6-7,10-11,19H,1,4-5,8-9H2. The van der Waals surface area contributed by atoms with Gasteiger partial charge in [-0.25, -0.2) is 0 Å². The van der Waals surface area contributed by atoms with Crippen LogP contribution in [0.25, 0.3) is 10.8 Å². The second-order valence-electron chi connectivity index (χ2n) is 5.33. The van der Waals surface area contributed by atoms with Crippen molar-refractivity contribution in [1.82, 2.24) is 4.98 Å². The number of pyridine rings is 1. The van der Waals surface area contributed by atoms with Gasteiger partial charge < -0.3 is 5.11 Å². The summed E-state index contributed by atoms with van der Waals surface area (Å²) in [6, 6.07) is 7.68. The van der Waals surface area contributed by atoms with Crippen LogP contribution in [0.15, 0.2) is 36.7 Å². The number of carbonyl (C=O) groups excluding carboxylic acids is 1. The first-order valence-corrected chi connectivity index (χ1v) is 6.81. The molecule has 1 aliphatic carbocycles. The summed E-state index contributed by atoms with van der Waals surface area (Å²) < 4.78 is 0. The molecule has 3 heteroatoms. The normalized spacial score (nSPS) is 18.4. The molecule has 1 fully saturated rings. The van der Waals surface area contributed by atoms with Crippen molar-refractivity contribution in [2.24, 2.45) is 0 Å². The highest BCUT2D eigenvalue weighted by Gasteiger charge is 2.38. The molecule has 2 aromatic rings. The molecule has 1 aromatic heterocycles. The number of ketones is 1. The maximum absolute atomic E-state index is 12.6. The molecule has 1 N–H and O–H groups in total. The minimum Gasteiger partial charge on any atom is -0.382 e. The van der Waals surface area contributed by atoms with Crippen molar-refractivity contribution < 1.29 is 9.90 Å². The monoisotopic (exact) mass is 255 g/mol. The molecule has 0 saturated heterocycles. The summed E-state index contributed by atoms with van der Waals surface area (Å²) in [7, 11) is 0. The van der Waals surface area contributed by atoms with E-state index in [9.17, 15) is 9.90 Å². The molecule has 1 aliphatic rings. The van der Waals surface area contributed by atoms with E-state index in [0.29, 0.717) is 18.4 Å². The molecular formula is C16H17NO2. The summed E-state index contributed by atoms with van der Waals surface area (Å²) in [5, 5.41) is 12.4. The molecule has 0 radical (unpaired) electrons. The van der Waals surface area contributed by atoms with Gasteiger partial charge in [0.05, 0.1) is 0 Å². The Labute approximate surface area is 112 Å². The van der Waals surface area contributed by atoms with Gasteiger partial charge in [0.1, 0.15) is 5.60 Å². The number of aliphatic hydroxyl groups is 1. The number of fused-ring (bicyclic) bond motifs is 1. The molecule has 1 heterocycles. The van der Waals surface area contributed by atoms with Gasteiger partial charge in [-0.2, -0.15) is 0 Å². The fourth-order valence-corrected chi connectivity index (χ4v) is 2.91. The van der Waals surface area contributed by atoms with E-state index < -0.39 is 5.60 Å². The number of carbonyl (C=O) groups is 1. The van der Waals surface area contributed by atoms with Gasteiger partial charge in [-0.3, -0.25) is 9.78 Å². The number of rotatable bonds is 2. The lowest BCUT2D eigenvalue weighted by Gasteiger charge is -2.30. The van der Waals surface area contributed by atoms with Gasteiger partial charge in [-0.05, 0) is 18.2 Å². The fraction of sp³-hybridized carbons (Fsp3) is 0.375. The van der Waals surface area contributed by atoms with E-state index in [1.165, 1.54) is 0 Å². The van der Waals surface area contributed by atoms with Gasteiger partial charge in [0.2, 0.25) is 0 Å². The Morgan fingerprint density at radius 2 is 1.84 bits per heavy atom. The second-order valence-corrected chi connectivity index (χ2v) is 5.33. The highest BCUT2D eigenvalue weighted by molar-refractivity contribution is 6.11. The SMILES string of the molecule is O=C(c1cncc2ccccc12)C1(O)CCCCC1. The third-order valence-corrected chi connectivity index (χ3v) is 4.02. The largest absolute Gasteiger partial charge is 0.382 e. The Kier molecular flexibility index (Phi) is 3.07. The third kappa shape index (κ3) is 2.15. The van der Waals surface area contributed by atoms with Crippen molar-refractivity contribution in [3.63, 3.8) is 0 Å². The van der Waals surface area contributed by atoms with E-state index in [4.69, 9.17) is 0 Å². The van der Waals surface area contributed by atoms with Gasteiger partial charge in [-0.15, -0.1) is 0 Å². The average molecular weight is 255 g/mol. The number of Topliss-reactive ketones (excluding diaryl/α,β-unsaturated/α-hetero) is 1. The molecule has 0 spiro atoms. The average Bonchev–Trinajstić information content (AvgIpc) is 2.47. The predicted octanol–water partition coefficient (Wildman–Crippen LogP) is 3.11. The third-order valence-electron chi connectivity index (χ3n) is 4.02. The molecule has 0 bridgehead atoms. The molecule has 0 amide bonds. The molecular weight excluding hydrogens is 238 g/mol. The highest BCUT2D eigenvalue weighted by atomic mass is 16.3. The Morgan fingerprint density at radius 3 is 2.63 bits per heavy atom. The van der Waals surface area contributed by atoms with Gasteiger partial charge in [0.25, 0.3) is 0 Å². The Hall–Kier alpha value is -1.74. The summed E-state index contributed by atoms with van der Waals surface area (Å²) in [4.78, 5) is 16.8. The maximum atomic E-state index is 12.6. The van der Waals surface area contributed by atoms with Crippen LogP contribution in [0.4, 0.5) is 0 Å². The van der Waals surface area contributed by atoms with Crippen LogP contribution in [0, 0.1) is 0 Å². The zero-order chi connectivity index (χ0) is 13.3. The molecule has 3 nitrogen and oxygen atoms in total. The summed E-state index contributed by atoms with van der Waals surface area (Å²) in [6.45, 7) is 0. The summed E-state index contributed by atoms with van der Waals surface area (Å²) >= 11 is 0. The molecule has 3 rings (SSSR count). The first-order valence-electron chi connectivity index (χ1n) is 6.81. The number of hydrogen-bond acceptors (Lipinski definition) is 3. The quantitative estimate of drug-likeness (QED) is 0.839. The van der Waals surface area contributed by atoms with Crippen molar-refractivity contribution in [2.75, 3.05) is 0 Å². The number of benzene rings is 1. The maximum Gasteiger partial charge on any atom is 0.196 e. The highest BCUT2D eigenvalue weighted by Crippen LogP contribution is 2.32. The number of nitrogens with zero attached hydrogens (tertiary/aromatic N) is 1. The Balaban J connectivity index is 2.06. The van der Waals surface area contributed by atoms with Crippen LogP contribution >= 0.6 is 0 Å². The van der Waals surface area contributed by atoms with E-state index in [2.05, 4.69) is 4.98 Å². The van der Waals surface area contributed by atoms with Crippen molar-refractivity contribution in [3.05, 3.63) is 42.2 Å². The van der Waals surface area contributed by atoms with E-state index in [1.54, 1.807) is 12.4 Å². The fourth-order valence-electron chi connectivity index (χ4n) is 2.91. The van der Waals surface area contributed by atoms with E-state index >= 15 is 0 Å². The van der Waals surface area contributed by atoms with E-state index in [-0.39, 0.29) is 5.78 Å². The van der Waals surface area contributed by atoms with Crippen LogP contribution in [0.2, 0.25) is 0 Å². The smallest absolute Gasteiger partial charge is 0.196 e. The van der Waals surface area contributed by atoms with Crippen molar-refractivity contribution in [3.8, 4) is 0 Å². The van der Waals surface area contributed by atoms with Crippen molar-refractivity contribution in [1.29, 1.82) is 0 Å². The molecule has 1 saturated carbocycles. The summed E-state index contributed by atoms with van der Waals surface area (Å²) in [6.07, 6.45) is 7.39. The lowest BCUT2D eigenvalue weighted by Crippen LogP contribution is -2.40. The minimum absolute atomic E-state index is 0.170. The number of aromatic nitrogens is 1. The van der Waals surface area contributed by atoms with E-state index in [1.807, 2.05) is 24.3 Å². The lowest BCUT2D eigenvalue weighted by atomic mass is 9.79. The van der Waals surface area contributed by atoms with Gasteiger partial charge in [0.15, 0.2) is 5.78 Å². The van der Waals surface area contributed by atoms with Crippen LogP contribution in [0.1, 0.15) is 42.5 Å². The predicted molar refractivity (Wildman–Crippen MR) is 74.1 cm³/mol. The zero-order valence-corrected chi connectivity index (χ0v) is 10.8. The molecule has 0 unspecified atom stereocenters. The molecule has 1 aromatic carbocycles. The van der Waals surface area contributed by atoms with Crippen LogP contribution in [-0.4, -0.2) is 21.5 Å². The topological polar surface area (TPSA) is 50.2 Å². The Morgan fingerprint density at radius 1 is 1.11 bits per heavy atom. The van der Waals surface area contributed by atoms with Crippen LogP contribution in [0.3, 0.4) is 0 Å². The van der Waals surface area contributed by atoms with Gasteiger partial charge in [-0.1, -0.05) is 43.5 Å². The second kappa shape index (κ2) is 4.74. The first kappa shape index (κ1) is 12.3. The molecule has 98 valence electrons. The van der Waals surface area contributed by atoms with Gasteiger partial charge >= 0.3 is 0 Å². The Bertz CT molecular complexity index is 610. The van der Waals surface area contributed by atoms with Crippen molar-refractivity contribution >= 4 is 16.6 Å². The van der Waals surface area contributed by atoms with Crippen LogP contribution < -0.4 is 0 Å². The first-order chi connectivity index (χ1) is 9.21. The molecule has 0 atom stereocenters. The lowest BCUT2D eigenvalue weighted by molar-refractivity contribution is 0.0117. The summed E-state index contributed by atoms with van der Waals surface area (Å²) in [5.41, 5.74) is -0.646. The van der Waals surface area contributed by atoms with Gasteiger partial charge in [0, 0.05) is 23.3 Å². The minimum atomic E-state index is -1.19. The van der Waals surface area contributed by atoms with E-state index in [0.717, 1.165) is 30.0 Å². The molecule has 0 aliphatic heterocycles. The van der Waals surface area contributed by atoms with Crippen LogP contribution in [0.5, 0.6) is 0 Å². The summed E-state index contributed by atoms with van der Waals surface area (Å²) in [5.74, 6) is -0.170. The van der Waals surface area contributed by atoms with Crippen LogP contribution in [-0.2, 0) is 0 Å². The molecule has 19 heavy (non-hydrogen) atoms. The number of hydrogen-bond donors (Lipinski definition) is 1.